The minimum atomic E-state index is -0.486. The smallest absolute Gasteiger partial charge is 0.347 e. The number of benzene rings is 2. The van der Waals surface area contributed by atoms with Crippen molar-refractivity contribution < 1.29 is 19.2 Å². The molecule has 0 spiro atoms. The largest absolute Gasteiger partial charge is 0.872 e. The molecule has 148 valence electrons. The van der Waals surface area contributed by atoms with Crippen LogP contribution in [-0.2, 0) is 18.3 Å². The van der Waals surface area contributed by atoms with Crippen LogP contribution in [0.25, 0.3) is 33.4 Å². The van der Waals surface area contributed by atoms with Crippen molar-refractivity contribution >= 4 is 22.0 Å². The van der Waals surface area contributed by atoms with Crippen molar-refractivity contribution in [1.29, 1.82) is 0 Å². The van der Waals surface area contributed by atoms with E-state index in [0.717, 1.165) is 29.5 Å². The number of rotatable bonds is 3. The zero-order valence-corrected chi connectivity index (χ0v) is 16.1. The summed E-state index contributed by atoms with van der Waals surface area (Å²) in [4.78, 5) is 18.7. The molecule has 2 aromatic carbocycles. The van der Waals surface area contributed by atoms with Crippen LogP contribution in [0, 0.1) is 0 Å². The zero-order valence-electron chi connectivity index (χ0n) is 16.1. The van der Waals surface area contributed by atoms with E-state index in [1.54, 1.807) is 18.2 Å². The van der Waals surface area contributed by atoms with Crippen molar-refractivity contribution in [3.63, 3.8) is 0 Å². The van der Waals surface area contributed by atoms with Crippen LogP contribution in [0.2, 0.25) is 0 Å². The van der Waals surface area contributed by atoms with Crippen LogP contribution >= 0.6 is 0 Å². The van der Waals surface area contributed by atoms with Crippen LogP contribution in [0.1, 0.15) is 5.56 Å². The fourth-order valence-electron chi connectivity index (χ4n) is 4.02. The Morgan fingerprint density at radius 2 is 1.97 bits per heavy atom. The van der Waals surface area contributed by atoms with Gasteiger partial charge >= 0.3 is 5.63 Å². The van der Waals surface area contributed by atoms with E-state index in [2.05, 4.69) is 4.98 Å². The number of nitrogens with zero attached hydrogens (tertiary/aromatic N) is 2. The third-order valence-corrected chi connectivity index (χ3v) is 5.62. The first kappa shape index (κ1) is 17.9. The fourth-order valence-corrected chi connectivity index (χ4v) is 4.02. The number of ether oxygens (including phenoxy) is 1. The van der Waals surface area contributed by atoms with Crippen molar-refractivity contribution in [2.75, 3.05) is 26.3 Å². The topological polar surface area (TPSA) is 84.8 Å². The lowest BCUT2D eigenvalue weighted by atomic mass is 10.1. The summed E-state index contributed by atoms with van der Waals surface area (Å²) in [6.45, 7) is 3.54. The van der Waals surface area contributed by atoms with Crippen molar-refractivity contribution in [2.24, 2.45) is 7.05 Å². The van der Waals surface area contributed by atoms with Gasteiger partial charge in [0.15, 0.2) is 0 Å². The van der Waals surface area contributed by atoms with Gasteiger partial charge in [0.2, 0.25) is 0 Å². The average Bonchev–Trinajstić information content (AvgIpc) is 3.07. The summed E-state index contributed by atoms with van der Waals surface area (Å²) >= 11 is 0. The number of aromatic nitrogens is 2. The Morgan fingerprint density at radius 3 is 2.76 bits per heavy atom. The molecule has 5 rings (SSSR count). The van der Waals surface area contributed by atoms with Gasteiger partial charge in [-0.15, -0.1) is 0 Å². The first-order chi connectivity index (χ1) is 14.1. The summed E-state index contributed by atoms with van der Waals surface area (Å²) < 4.78 is 13.0. The summed E-state index contributed by atoms with van der Waals surface area (Å²) in [5.74, 6) is 0.448. The highest BCUT2D eigenvalue weighted by Crippen LogP contribution is 2.28. The Balaban J connectivity index is 1.64. The Labute approximate surface area is 166 Å². The van der Waals surface area contributed by atoms with Gasteiger partial charge in [-0.2, -0.15) is 0 Å². The molecule has 29 heavy (non-hydrogen) atoms. The number of aryl methyl sites for hydroxylation is 1. The van der Waals surface area contributed by atoms with Crippen LogP contribution in [0.4, 0.5) is 0 Å². The number of fused-ring (bicyclic) bond motifs is 2. The molecule has 0 aliphatic carbocycles. The number of morpholine rings is 1. The van der Waals surface area contributed by atoms with E-state index in [4.69, 9.17) is 9.15 Å². The van der Waals surface area contributed by atoms with Gasteiger partial charge in [0.05, 0.1) is 24.2 Å². The maximum absolute atomic E-state index is 12.9. The highest BCUT2D eigenvalue weighted by Gasteiger charge is 2.20. The molecule has 2 aromatic heterocycles. The monoisotopic (exact) mass is 391 g/mol. The maximum atomic E-state index is 12.9. The van der Waals surface area contributed by atoms with E-state index in [9.17, 15) is 9.90 Å². The molecule has 7 nitrogen and oxygen atoms in total. The molecule has 1 saturated heterocycles. The molecule has 0 atom stereocenters. The summed E-state index contributed by atoms with van der Waals surface area (Å²) in [6.07, 6.45) is 0. The van der Waals surface area contributed by atoms with E-state index in [-0.39, 0.29) is 5.75 Å². The SMILES string of the molecule is Cn1c(-c2cc3ccc([O-])c(C[NH+]4CCOCC4)c3oc2=O)nc2ccccc21. The molecular formula is C22H21N3O4. The van der Waals surface area contributed by atoms with Gasteiger partial charge in [-0.05, 0) is 18.2 Å². The highest BCUT2D eigenvalue weighted by molar-refractivity contribution is 5.86. The second kappa shape index (κ2) is 7.02. The molecule has 0 bridgehead atoms. The van der Waals surface area contributed by atoms with Crippen LogP contribution in [0.3, 0.4) is 0 Å². The summed E-state index contributed by atoms with van der Waals surface area (Å²) in [5.41, 5.74) is 2.58. The molecular weight excluding hydrogens is 370 g/mol. The molecule has 0 radical (unpaired) electrons. The second-order valence-electron chi connectivity index (χ2n) is 7.43. The molecule has 1 N–H and O–H groups in total. The summed E-state index contributed by atoms with van der Waals surface area (Å²) in [7, 11) is 1.88. The van der Waals surface area contributed by atoms with Crippen LogP contribution in [0.15, 0.2) is 51.7 Å². The number of imidazole rings is 1. The number of quaternary nitrogens is 1. The molecule has 7 heteroatoms. The quantitative estimate of drug-likeness (QED) is 0.523. The van der Waals surface area contributed by atoms with E-state index in [1.807, 2.05) is 35.9 Å². The normalized spacial score (nSPS) is 15.3. The Bertz CT molecular complexity index is 1270. The van der Waals surface area contributed by atoms with E-state index in [0.29, 0.717) is 42.3 Å². The lowest BCUT2D eigenvalue weighted by molar-refractivity contribution is -0.921. The predicted octanol–water partition coefficient (Wildman–Crippen LogP) is 0.835. The molecule has 4 aromatic rings. The molecule has 3 heterocycles. The van der Waals surface area contributed by atoms with Gasteiger partial charge in [0.1, 0.15) is 36.6 Å². The lowest BCUT2D eigenvalue weighted by Gasteiger charge is -2.26. The highest BCUT2D eigenvalue weighted by atomic mass is 16.5. The third kappa shape index (κ3) is 3.08. The van der Waals surface area contributed by atoms with Gasteiger partial charge in [-0.3, -0.25) is 0 Å². The standard InChI is InChI=1S/C22H21N3O4/c1-24-18-5-3-2-4-17(18)23-21(24)15-12-14-6-7-19(26)16(20(14)29-22(15)27)13-25-8-10-28-11-9-25/h2-7,12,26H,8-11,13H2,1H3. The minimum Gasteiger partial charge on any atom is -0.872 e. The molecule has 1 fully saturated rings. The van der Waals surface area contributed by atoms with Gasteiger partial charge in [0.25, 0.3) is 0 Å². The van der Waals surface area contributed by atoms with Gasteiger partial charge in [0, 0.05) is 18.0 Å². The van der Waals surface area contributed by atoms with E-state index < -0.39 is 5.63 Å². The predicted molar refractivity (Wildman–Crippen MR) is 107 cm³/mol. The van der Waals surface area contributed by atoms with Gasteiger partial charge in [-0.25, -0.2) is 9.78 Å². The number of para-hydroxylation sites is 2. The maximum Gasteiger partial charge on any atom is 0.347 e. The van der Waals surface area contributed by atoms with Crippen molar-refractivity contribution in [2.45, 2.75) is 6.54 Å². The summed E-state index contributed by atoms with van der Waals surface area (Å²) in [6, 6.07) is 12.8. The zero-order chi connectivity index (χ0) is 20.0. The fraction of sp³-hybridized carbons (Fsp3) is 0.273. The first-order valence-corrected chi connectivity index (χ1v) is 9.72. The molecule has 0 unspecified atom stereocenters. The Kier molecular flexibility index (Phi) is 4.34. The molecule has 0 saturated carbocycles. The lowest BCUT2D eigenvalue weighted by Crippen LogP contribution is -3.12. The average molecular weight is 391 g/mol. The van der Waals surface area contributed by atoms with Crippen LogP contribution in [0.5, 0.6) is 5.75 Å². The van der Waals surface area contributed by atoms with E-state index in [1.165, 1.54) is 4.90 Å². The van der Waals surface area contributed by atoms with Crippen LogP contribution in [-0.4, -0.2) is 35.9 Å². The van der Waals surface area contributed by atoms with E-state index >= 15 is 0 Å². The second-order valence-corrected chi connectivity index (χ2v) is 7.43. The van der Waals surface area contributed by atoms with Crippen molar-refractivity contribution in [1.82, 2.24) is 9.55 Å². The number of hydrogen-bond donors (Lipinski definition) is 1. The summed E-state index contributed by atoms with van der Waals surface area (Å²) in [5, 5.41) is 13.3. The number of nitrogens with one attached hydrogen (secondary N) is 1. The number of hydrogen-bond acceptors (Lipinski definition) is 5. The first-order valence-electron chi connectivity index (χ1n) is 9.72. The van der Waals surface area contributed by atoms with Gasteiger partial charge in [-0.1, -0.05) is 30.0 Å². The minimum absolute atomic E-state index is 0.102. The Morgan fingerprint density at radius 1 is 1.17 bits per heavy atom. The van der Waals surface area contributed by atoms with Crippen molar-refractivity contribution in [3.05, 3.63) is 58.4 Å². The third-order valence-electron chi connectivity index (χ3n) is 5.62. The van der Waals surface area contributed by atoms with Crippen LogP contribution < -0.4 is 15.6 Å². The van der Waals surface area contributed by atoms with Crippen molar-refractivity contribution in [3.8, 4) is 17.1 Å². The van der Waals surface area contributed by atoms with Gasteiger partial charge < -0.3 is 23.7 Å². The molecule has 1 aliphatic heterocycles. The Hall–Kier alpha value is -3.16. The molecule has 0 amide bonds. The molecule has 1 aliphatic rings.